The van der Waals surface area contributed by atoms with E-state index in [-0.39, 0.29) is 45.9 Å². The molecule has 0 bridgehead atoms. The standard InChI is InChI=1S/C67H118N12O27/c1-5-6-7-8-15-24-68-47(86)22-23-48(87)78-43(64(100)74-35-53(92)71-27-18-11-14-21-30-103-67-56(77-41(4)85)62(98)59(95)46(38-82)106-67)32-50(89)79-42(63(99)73-34-52(91)70-26-17-10-13-20-29-102-66-55(76-40(3)84)61(97)58(94)45(37-81)105-66)31-49(88)72-33-51(90)69-25-16-9-12-19-28-101-65-54(75-39(2)83)60(96)57(93)44(36-80)104-65/h42-46,54-62,65-67,80-82,93-98H,5-38H2,1-4H3,(H,68,86)(H,69,90)(H,70,91)(H,71,92)(H,72,88)(H,73,99)(H,74,100)(H,75,83)(H,76,84)(H,77,85)(H,78,87)(H,79,89)/t42?,43?,44-,45-,46-,54-,55-,56-,57+,58+,59+,60-,61-,62-,65-,66-,67-/m1/s1. The fourth-order valence-corrected chi connectivity index (χ4v) is 11.5. The quantitative estimate of drug-likeness (QED) is 0.0252. The highest BCUT2D eigenvalue weighted by molar-refractivity contribution is 5.97. The molecule has 12 amide bonds. The predicted octanol–water partition coefficient (Wildman–Crippen LogP) is -7.14. The maximum Gasteiger partial charge on any atom is 0.243 e. The molecule has 3 saturated heterocycles. The molecule has 3 aliphatic rings. The Morgan fingerprint density at radius 1 is 0.340 bits per heavy atom. The molecular formula is C67H118N12O27. The molecule has 0 spiro atoms. The van der Waals surface area contributed by atoms with Crippen LogP contribution in [0.1, 0.15) is 163 Å². The van der Waals surface area contributed by atoms with Gasteiger partial charge in [-0.2, -0.15) is 0 Å². The topological polar surface area (TPSA) is 587 Å². The van der Waals surface area contributed by atoms with E-state index in [9.17, 15) is 103 Å². The number of aliphatic hydroxyl groups excluding tert-OH is 9. The smallest absolute Gasteiger partial charge is 0.243 e. The summed E-state index contributed by atoms with van der Waals surface area (Å²) < 4.78 is 33.9. The van der Waals surface area contributed by atoms with E-state index < -0.39 is 234 Å². The Bertz CT molecular complexity index is 2700. The largest absolute Gasteiger partial charge is 0.394 e. The van der Waals surface area contributed by atoms with Crippen LogP contribution in [0.25, 0.3) is 0 Å². The molecule has 0 aromatic carbocycles. The second kappa shape index (κ2) is 53.0. The Labute approximate surface area is 616 Å². The Kier molecular flexibility index (Phi) is 46.6. The number of carbonyl (C=O) groups is 12. The van der Waals surface area contributed by atoms with Gasteiger partial charge in [-0.25, -0.2) is 0 Å². The molecule has 3 heterocycles. The van der Waals surface area contributed by atoms with Crippen molar-refractivity contribution in [3.05, 3.63) is 0 Å². The number of hydrogen-bond acceptors (Lipinski definition) is 27. The van der Waals surface area contributed by atoms with Gasteiger partial charge in [0.25, 0.3) is 0 Å². The molecule has 2 unspecified atom stereocenters. The van der Waals surface area contributed by atoms with Crippen molar-refractivity contribution in [3.63, 3.8) is 0 Å². The third-order valence-electron chi connectivity index (χ3n) is 17.3. The first-order valence-corrected chi connectivity index (χ1v) is 36.7. The van der Waals surface area contributed by atoms with E-state index >= 15 is 0 Å². The van der Waals surface area contributed by atoms with Crippen LogP contribution in [-0.2, 0) is 86.0 Å². The first kappa shape index (κ1) is 93.2. The lowest BCUT2D eigenvalue weighted by Crippen LogP contribution is -2.64. The fraction of sp³-hybridized carbons (Fsp3) is 0.821. The Balaban J connectivity index is 1.63. The highest BCUT2D eigenvalue weighted by Crippen LogP contribution is 2.26. The van der Waals surface area contributed by atoms with Gasteiger partial charge in [-0.05, 0) is 44.9 Å². The first-order chi connectivity index (χ1) is 50.6. The van der Waals surface area contributed by atoms with Gasteiger partial charge in [0.15, 0.2) is 18.9 Å². The van der Waals surface area contributed by atoms with Crippen molar-refractivity contribution in [1.82, 2.24) is 63.8 Å². The van der Waals surface area contributed by atoms with Gasteiger partial charge in [-0.1, -0.05) is 71.1 Å². The van der Waals surface area contributed by atoms with Crippen molar-refractivity contribution in [1.29, 1.82) is 0 Å². The van der Waals surface area contributed by atoms with Crippen LogP contribution in [0, 0.1) is 0 Å². The lowest BCUT2D eigenvalue weighted by molar-refractivity contribution is -0.270. The van der Waals surface area contributed by atoms with Crippen molar-refractivity contribution in [2.24, 2.45) is 0 Å². The highest BCUT2D eigenvalue weighted by atomic mass is 16.7. The number of unbranched alkanes of at least 4 members (excludes halogenated alkanes) is 13. The van der Waals surface area contributed by atoms with E-state index in [0.29, 0.717) is 83.6 Å². The van der Waals surface area contributed by atoms with Crippen molar-refractivity contribution < 1.29 is 132 Å². The van der Waals surface area contributed by atoms with Gasteiger partial charge in [-0.3, -0.25) is 57.5 Å². The van der Waals surface area contributed by atoms with E-state index in [1.165, 1.54) is 20.8 Å². The summed E-state index contributed by atoms with van der Waals surface area (Å²) in [5.41, 5.74) is 0. The number of amides is 12. The molecule has 39 nitrogen and oxygen atoms in total. The Hall–Kier alpha value is -6.96. The maximum atomic E-state index is 13.9. The molecule has 0 aromatic rings. The SMILES string of the molecule is CCCCCCCNC(=O)CCC(=O)NC(CC(=O)NC(CC(=O)NCC(=O)NCCCCCCO[C@@H]1O[C@H](CO)[C@H](O)[C@H](O)[C@H]1NC(C)=O)C(=O)NCC(=O)NCCCCCCO[C@@H]1O[C@H](CO)[C@H](O)[C@H](O)[C@H]1NC(C)=O)C(=O)NCC(=O)NCCCCCCO[C@@H]1O[C@H](CO)[C@H](O)[C@H](O)[C@H]1NC(C)=O. The summed E-state index contributed by atoms with van der Waals surface area (Å²) in [6.45, 7) is 3.23. The van der Waals surface area contributed by atoms with Crippen LogP contribution in [0.3, 0.4) is 0 Å². The van der Waals surface area contributed by atoms with Crippen molar-refractivity contribution in [2.45, 2.75) is 267 Å². The average molecular weight is 1520 g/mol. The molecule has 106 heavy (non-hydrogen) atoms. The van der Waals surface area contributed by atoms with E-state index in [0.717, 1.165) is 32.1 Å². The molecule has 3 aliphatic heterocycles. The van der Waals surface area contributed by atoms with Crippen LogP contribution in [0.2, 0.25) is 0 Å². The van der Waals surface area contributed by atoms with Gasteiger partial charge in [0.2, 0.25) is 70.9 Å². The maximum absolute atomic E-state index is 13.9. The molecule has 21 N–H and O–H groups in total. The van der Waals surface area contributed by atoms with E-state index in [1.54, 1.807) is 0 Å². The van der Waals surface area contributed by atoms with E-state index in [1.807, 2.05) is 0 Å². The second-order valence-electron chi connectivity index (χ2n) is 26.3. The number of hydrogen-bond donors (Lipinski definition) is 21. The molecule has 39 heteroatoms. The molecule has 3 fully saturated rings. The van der Waals surface area contributed by atoms with Crippen LogP contribution >= 0.6 is 0 Å². The third kappa shape index (κ3) is 36.8. The molecule has 3 rings (SSSR count). The summed E-state index contributed by atoms with van der Waals surface area (Å²) in [6.07, 6.45) is -7.16. The minimum Gasteiger partial charge on any atom is -0.394 e. The summed E-state index contributed by atoms with van der Waals surface area (Å²) in [5.74, 6) is -8.82. The van der Waals surface area contributed by atoms with Gasteiger partial charge in [0, 0.05) is 79.6 Å². The molecule has 608 valence electrons. The number of carbonyl (C=O) groups excluding carboxylic acids is 12. The Morgan fingerprint density at radius 2 is 0.632 bits per heavy atom. The Morgan fingerprint density at radius 3 is 0.962 bits per heavy atom. The van der Waals surface area contributed by atoms with Crippen molar-refractivity contribution in [2.75, 3.05) is 85.5 Å². The minimum absolute atomic E-state index is 0.105. The molecule has 0 aromatic heterocycles. The summed E-state index contributed by atoms with van der Waals surface area (Å²) >= 11 is 0. The van der Waals surface area contributed by atoms with Gasteiger partial charge >= 0.3 is 0 Å². The number of ether oxygens (including phenoxy) is 6. The van der Waals surface area contributed by atoms with Crippen molar-refractivity contribution >= 4 is 70.9 Å². The third-order valence-corrected chi connectivity index (χ3v) is 17.3. The average Bonchev–Trinajstić information content (AvgIpc) is 0.822. The van der Waals surface area contributed by atoms with Gasteiger partial charge in [-0.15, -0.1) is 0 Å². The van der Waals surface area contributed by atoms with Crippen LogP contribution in [0.4, 0.5) is 0 Å². The van der Waals surface area contributed by atoms with E-state index in [2.05, 4.69) is 70.7 Å². The monoisotopic (exact) mass is 1520 g/mol. The number of rotatable bonds is 53. The predicted molar refractivity (Wildman–Crippen MR) is 372 cm³/mol. The van der Waals surface area contributed by atoms with Gasteiger partial charge in [0.1, 0.15) is 85.1 Å². The lowest BCUT2D eigenvalue weighted by Gasteiger charge is -2.42. The first-order valence-electron chi connectivity index (χ1n) is 36.7. The van der Waals surface area contributed by atoms with Gasteiger partial charge in [0.05, 0.1) is 52.3 Å². The number of nitrogens with one attached hydrogen (secondary N) is 12. The summed E-state index contributed by atoms with van der Waals surface area (Å²) in [7, 11) is 0. The molecule has 17 atom stereocenters. The molecule has 0 aliphatic carbocycles. The van der Waals surface area contributed by atoms with Crippen molar-refractivity contribution in [3.8, 4) is 0 Å². The van der Waals surface area contributed by atoms with Crippen LogP contribution in [0.5, 0.6) is 0 Å². The van der Waals surface area contributed by atoms with Crippen LogP contribution < -0.4 is 63.8 Å². The second-order valence-corrected chi connectivity index (χ2v) is 26.3. The van der Waals surface area contributed by atoms with Gasteiger partial charge < -0.3 is 138 Å². The zero-order valence-corrected chi connectivity index (χ0v) is 61.2. The molecular weight excluding hydrogens is 1400 g/mol. The fourth-order valence-electron chi connectivity index (χ4n) is 11.5. The summed E-state index contributed by atoms with van der Waals surface area (Å²) in [6, 6.07) is -6.81. The minimum atomic E-state index is -1.76. The van der Waals surface area contributed by atoms with E-state index in [4.69, 9.17) is 28.4 Å². The highest BCUT2D eigenvalue weighted by Gasteiger charge is 2.48. The zero-order chi connectivity index (χ0) is 78.5. The number of aliphatic hydroxyl groups is 9. The van der Waals surface area contributed by atoms with Crippen LogP contribution in [0.15, 0.2) is 0 Å². The summed E-state index contributed by atoms with van der Waals surface area (Å²) in [5, 5.41) is 121. The molecule has 0 radical (unpaired) electrons. The molecule has 0 saturated carbocycles. The summed E-state index contributed by atoms with van der Waals surface area (Å²) in [4.78, 5) is 155. The normalized spacial score (nSPS) is 24.7. The zero-order valence-electron chi connectivity index (χ0n) is 61.2. The lowest BCUT2D eigenvalue weighted by atomic mass is 9.97. The van der Waals surface area contributed by atoms with Crippen LogP contribution in [-0.4, -0.2) is 306 Å².